The molecule has 2 aromatic rings. The Morgan fingerprint density at radius 3 is 2.48 bits per heavy atom. The molecule has 0 saturated heterocycles. The molecule has 2 heterocycles. The van der Waals surface area contributed by atoms with Crippen LogP contribution in [0.5, 0.6) is 0 Å². The van der Waals surface area contributed by atoms with Crippen LogP contribution < -0.4 is 5.73 Å². The van der Waals surface area contributed by atoms with E-state index in [2.05, 4.69) is 30.7 Å². The van der Waals surface area contributed by atoms with E-state index in [9.17, 15) is 0 Å². The quantitative estimate of drug-likeness (QED) is 0.819. The van der Waals surface area contributed by atoms with E-state index in [1.54, 1.807) is 0 Å². The van der Waals surface area contributed by atoms with Gasteiger partial charge in [-0.2, -0.15) is 5.10 Å². The van der Waals surface area contributed by atoms with Gasteiger partial charge in [0.15, 0.2) is 5.65 Å². The number of fused-ring (bicyclic) bond motifs is 1. The summed E-state index contributed by atoms with van der Waals surface area (Å²) in [5, 5.41) is 6.08. The van der Waals surface area contributed by atoms with Crippen molar-refractivity contribution in [3.05, 3.63) is 12.0 Å². The van der Waals surface area contributed by atoms with E-state index in [1.165, 1.54) is 6.33 Å². The highest BCUT2D eigenvalue weighted by Crippen LogP contribution is 2.39. The third-order valence-electron chi connectivity index (χ3n) is 4.20. The molecular weight excluding hydrogens is 286 g/mol. The number of rotatable bonds is 1. The number of anilines is 1. The second-order valence-electron chi connectivity index (χ2n) is 6.87. The van der Waals surface area contributed by atoms with Gasteiger partial charge in [0.1, 0.15) is 12.1 Å². The third kappa shape index (κ3) is 2.59. The molecule has 3 rings (SSSR count). The Balaban J connectivity index is 2.14. The lowest BCUT2D eigenvalue weighted by atomic mass is 9.86. The SMILES string of the molecule is CC(C)(C)n1nc(C2CCC(Cl)CC2)c2c(N)ncnc21. The number of hydrogen-bond donors (Lipinski definition) is 1. The molecule has 1 saturated carbocycles. The minimum Gasteiger partial charge on any atom is -0.383 e. The number of halogens is 1. The van der Waals surface area contributed by atoms with Gasteiger partial charge in [0.25, 0.3) is 0 Å². The predicted molar refractivity (Wildman–Crippen MR) is 85.6 cm³/mol. The molecule has 1 aliphatic rings. The van der Waals surface area contributed by atoms with Crippen molar-refractivity contribution in [1.82, 2.24) is 19.7 Å². The first-order valence-corrected chi connectivity index (χ1v) is 7.95. The molecule has 2 aromatic heterocycles. The van der Waals surface area contributed by atoms with Crippen molar-refractivity contribution in [1.29, 1.82) is 0 Å². The molecule has 0 spiro atoms. The fraction of sp³-hybridized carbons (Fsp3) is 0.667. The standard InChI is InChI=1S/C15H22ClN5/c1-15(2,3)21-14-11(13(17)18-8-19-14)12(20-21)9-4-6-10(16)7-5-9/h8-10H,4-7H2,1-3H3,(H2,17,18,19). The summed E-state index contributed by atoms with van der Waals surface area (Å²) in [7, 11) is 0. The van der Waals surface area contributed by atoms with Crippen LogP contribution in [0.25, 0.3) is 11.0 Å². The van der Waals surface area contributed by atoms with Crippen LogP contribution in [-0.4, -0.2) is 25.1 Å². The summed E-state index contributed by atoms with van der Waals surface area (Å²) < 4.78 is 1.97. The van der Waals surface area contributed by atoms with E-state index in [4.69, 9.17) is 22.4 Å². The summed E-state index contributed by atoms with van der Waals surface area (Å²) in [6.45, 7) is 6.37. The van der Waals surface area contributed by atoms with Gasteiger partial charge in [-0.15, -0.1) is 11.6 Å². The molecule has 0 aliphatic heterocycles. The fourth-order valence-corrected chi connectivity index (χ4v) is 3.33. The normalized spacial score (nSPS) is 23.6. The van der Waals surface area contributed by atoms with E-state index < -0.39 is 0 Å². The first-order valence-electron chi connectivity index (χ1n) is 7.51. The highest BCUT2D eigenvalue weighted by Gasteiger charge is 2.29. The zero-order chi connectivity index (χ0) is 15.2. The largest absolute Gasteiger partial charge is 0.383 e. The van der Waals surface area contributed by atoms with Crippen molar-refractivity contribution in [2.75, 3.05) is 5.73 Å². The Morgan fingerprint density at radius 1 is 1.19 bits per heavy atom. The number of nitrogen functional groups attached to an aromatic ring is 1. The second kappa shape index (κ2) is 5.13. The summed E-state index contributed by atoms with van der Waals surface area (Å²) in [6.07, 6.45) is 5.69. The van der Waals surface area contributed by atoms with Crippen LogP contribution in [0.15, 0.2) is 6.33 Å². The number of alkyl halides is 1. The summed E-state index contributed by atoms with van der Waals surface area (Å²) in [4.78, 5) is 8.58. The Kier molecular flexibility index (Phi) is 3.56. The molecule has 0 bridgehead atoms. The van der Waals surface area contributed by atoms with Crippen molar-refractivity contribution in [2.45, 2.75) is 63.3 Å². The van der Waals surface area contributed by atoms with E-state index in [0.29, 0.717) is 17.1 Å². The summed E-state index contributed by atoms with van der Waals surface area (Å²) in [5.41, 5.74) is 7.85. The van der Waals surface area contributed by atoms with E-state index in [0.717, 1.165) is 42.4 Å². The third-order valence-corrected chi connectivity index (χ3v) is 4.64. The lowest BCUT2D eigenvalue weighted by molar-refractivity contribution is 0.355. The molecule has 0 atom stereocenters. The van der Waals surface area contributed by atoms with E-state index >= 15 is 0 Å². The van der Waals surface area contributed by atoms with Crippen LogP contribution in [0.4, 0.5) is 5.82 Å². The Morgan fingerprint density at radius 2 is 1.86 bits per heavy atom. The van der Waals surface area contributed by atoms with Crippen molar-refractivity contribution in [2.24, 2.45) is 0 Å². The smallest absolute Gasteiger partial charge is 0.164 e. The van der Waals surface area contributed by atoms with Crippen molar-refractivity contribution in [3.63, 3.8) is 0 Å². The van der Waals surface area contributed by atoms with Crippen molar-refractivity contribution < 1.29 is 0 Å². The molecule has 1 fully saturated rings. The van der Waals surface area contributed by atoms with Gasteiger partial charge in [-0.3, -0.25) is 0 Å². The van der Waals surface area contributed by atoms with Crippen molar-refractivity contribution in [3.8, 4) is 0 Å². The van der Waals surface area contributed by atoms with Gasteiger partial charge in [0.05, 0.1) is 16.6 Å². The maximum absolute atomic E-state index is 6.22. The molecule has 0 radical (unpaired) electrons. The molecule has 0 aromatic carbocycles. The van der Waals surface area contributed by atoms with Gasteiger partial charge in [0.2, 0.25) is 0 Å². The minimum absolute atomic E-state index is 0.138. The van der Waals surface area contributed by atoms with Crippen LogP contribution in [0.3, 0.4) is 0 Å². The van der Waals surface area contributed by atoms with Crippen LogP contribution in [0.1, 0.15) is 58.1 Å². The highest BCUT2D eigenvalue weighted by atomic mass is 35.5. The summed E-state index contributed by atoms with van der Waals surface area (Å²) in [5.74, 6) is 0.929. The lowest BCUT2D eigenvalue weighted by Gasteiger charge is -2.24. The molecule has 1 aliphatic carbocycles. The van der Waals surface area contributed by atoms with Gasteiger partial charge >= 0.3 is 0 Å². The molecule has 6 heteroatoms. The predicted octanol–water partition coefficient (Wildman–Crippen LogP) is 3.43. The van der Waals surface area contributed by atoms with Crippen LogP contribution in [0.2, 0.25) is 0 Å². The number of nitrogens with zero attached hydrogens (tertiary/aromatic N) is 4. The van der Waals surface area contributed by atoms with E-state index in [-0.39, 0.29) is 5.54 Å². The topological polar surface area (TPSA) is 69.6 Å². The van der Waals surface area contributed by atoms with E-state index in [1.807, 2.05) is 4.68 Å². The summed E-state index contributed by atoms with van der Waals surface area (Å²) in [6, 6.07) is 0. The maximum atomic E-state index is 6.22. The van der Waals surface area contributed by atoms with Crippen LogP contribution in [-0.2, 0) is 5.54 Å². The molecule has 114 valence electrons. The van der Waals surface area contributed by atoms with Crippen LogP contribution in [0, 0.1) is 0 Å². The monoisotopic (exact) mass is 307 g/mol. The van der Waals surface area contributed by atoms with Gasteiger partial charge in [-0.05, 0) is 46.5 Å². The minimum atomic E-state index is -0.138. The first-order chi connectivity index (χ1) is 9.88. The first kappa shape index (κ1) is 14.6. The zero-order valence-electron chi connectivity index (χ0n) is 12.8. The number of hydrogen-bond acceptors (Lipinski definition) is 4. The molecule has 5 nitrogen and oxygen atoms in total. The van der Waals surface area contributed by atoms with Gasteiger partial charge in [-0.25, -0.2) is 14.6 Å². The summed E-state index contributed by atoms with van der Waals surface area (Å²) >= 11 is 6.22. The molecule has 2 N–H and O–H groups in total. The van der Waals surface area contributed by atoms with Crippen molar-refractivity contribution >= 4 is 28.5 Å². The number of nitrogens with two attached hydrogens (primary N) is 1. The van der Waals surface area contributed by atoms with Gasteiger partial charge in [-0.1, -0.05) is 0 Å². The Hall–Kier alpha value is -1.36. The molecule has 0 amide bonds. The Bertz CT molecular complexity index is 650. The number of aromatic nitrogens is 4. The maximum Gasteiger partial charge on any atom is 0.164 e. The molecule has 0 unspecified atom stereocenters. The van der Waals surface area contributed by atoms with Crippen LogP contribution >= 0.6 is 11.6 Å². The highest BCUT2D eigenvalue weighted by molar-refractivity contribution is 6.20. The second-order valence-corrected chi connectivity index (χ2v) is 7.49. The fourth-order valence-electron chi connectivity index (χ4n) is 3.08. The average Bonchev–Trinajstić information content (AvgIpc) is 2.80. The average molecular weight is 308 g/mol. The molecular formula is C15H22ClN5. The zero-order valence-corrected chi connectivity index (χ0v) is 13.6. The van der Waals surface area contributed by atoms with Gasteiger partial charge in [0, 0.05) is 11.3 Å². The molecule has 21 heavy (non-hydrogen) atoms. The lowest BCUT2D eigenvalue weighted by Crippen LogP contribution is -2.24. The Labute approximate surface area is 129 Å². The van der Waals surface area contributed by atoms with Gasteiger partial charge < -0.3 is 5.73 Å².